The summed E-state index contributed by atoms with van der Waals surface area (Å²) in [5, 5.41) is 23.2. The molecule has 9 nitrogen and oxygen atoms in total. The van der Waals surface area contributed by atoms with Crippen LogP contribution < -0.4 is 5.32 Å². The number of halogens is 2. The van der Waals surface area contributed by atoms with E-state index in [0.717, 1.165) is 4.90 Å². The first-order valence-corrected chi connectivity index (χ1v) is 8.08. The van der Waals surface area contributed by atoms with Crippen LogP contribution in [0.2, 0.25) is 0 Å². The first-order chi connectivity index (χ1) is 11.3. The van der Waals surface area contributed by atoms with E-state index in [-0.39, 0.29) is 30.3 Å². The van der Waals surface area contributed by atoms with E-state index in [1.54, 1.807) is 6.07 Å². The molecule has 130 valence electrons. The molecule has 1 aliphatic rings. The third kappa shape index (κ3) is 4.26. The highest BCUT2D eigenvalue weighted by Gasteiger charge is 2.38. The second kappa shape index (κ2) is 7.67. The van der Waals surface area contributed by atoms with Gasteiger partial charge in [0.1, 0.15) is 17.7 Å². The molecule has 2 N–H and O–H groups in total. The Bertz CT molecular complexity index is 673. The minimum absolute atomic E-state index is 0.0167. The third-order valence-corrected chi connectivity index (χ3v) is 4.14. The summed E-state index contributed by atoms with van der Waals surface area (Å²) < 4.78 is 5.66. The average Bonchev–Trinajstić information content (AvgIpc) is 2.91. The Balaban J connectivity index is 2.23. The first kappa shape index (κ1) is 18.3. The number of carbonyl (C=O) groups excluding carboxylic acids is 1. The molecular weight excluding hydrogens is 410 g/mol. The maximum absolute atomic E-state index is 11.4. The number of nitro benzene ring substituents is 1. The summed E-state index contributed by atoms with van der Waals surface area (Å²) in [6.45, 7) is -0.0251. The molecule has 11 heteroatoms. The van der Waals surface area contributed by atoms with Crippen LogP contribution in [0.4, 0.5) is 16.2 Å². The normalized spacial score (nSPS) is 19.8. The highest BCUT2D eigenvalue weighted by atomic mass is 79.9. The van der Waals surface area contributed by atoms with Crippen LogP contribution in [0.1, 0.15) is 0 Å². The van der Waals surface area contributed by atoms with Crippen molar-refractivity contribution < 1.29 is 24.4 Å². The molecule has 0 saturated carbocycles. The van der Waals surface area contributed by atoms with E-state index in [9.17, 15) is 19.7 Å². The number of carboxylic acid groups (broad SMARTS) is 1. The van der Waals surface area contributed by atoms with E-state index in [2.05, 4.69) is 21.2 Å². The van der Waals surface area contributed by atoms with Gasteiger partial charge in [0.05, 0.1) is 17.5 Å². The highest BCUT2D eigenvalue weighted by Crippen LogP contribution is 2.30. The number of hydrogen-bond donors (Lipinski definition) is 2. The molecule has 1 heterocycles. The van der Waals surface area contributed by atoms with Crippen molar-refractivity contribution in [1.82, 2.24) is 4.90 Å². The molecule has 24 heavy (non-hydrogen) atoms. The van der Waals surface area contributed by atoms with Crippen molar-refractivity contribution in [3.63, 3.8) is 0 Å². The predicted molar refractivity (Wildman–Crippen MR) is 88.4 cm³/mol. The van der Waals surface area contributed by atoms with Gasteiger partial charge in [-0.1, -0.05) is 15.9 Å². The maximum atomic E-state index is 11.4. The largest absolute Gasteiger partial charge is 0.465 e. The van der Waals surface area contributed by atoms with Crippen molar-refractivity contribution in [2.75, 3.05) is 24.3 Å². The van der Waals surface area contributed by atoms with E-state index in [1.807, 2.05) is 0 Å². The Kier molecular flexibility index (Phi) is 5.84. The molecular formula is C13H13BrClN3O6. The summed E-state index contributed by atoms with van der Waals surface area (Å²) in [6, 6.07) is 3.80. The van der Waals surface area contributed by atoms with Gasteiger partial charge in [-0.25, -0.2) is 4.79 Å². The highest BCUT2D eigenvalue weighted by molar-refractivity contribution is 9.10. The summed E-state index contributed by atoms with van der Waals surface area (Å²) in [4.78, 5) is 34.2. The summed E-state index contributed by atoms with van der Waals surface area (Å²) in [6.07, 6.45) is -1.97. The molecule has 1 fully saturated rings. The fourth-order valence-electron chi connectivity index (χ4n) is 2.37. The molecule has 2 rings (SSSR count). The zero-order valence-corrected chi connectivity index (χ0v) is 14.5. The fourth-order valence-corrected chi connectivity index (χ4v) is 2.78. The third-order valence-electron chi connectivity index (χ3n) is 3.43. The molecule has 1 aromatic rings. The summed E-state index contributed by atoms with van der Waals surface area (Å²) in [7, 11) is 0. The number of nitrogens with one attached hydrogen (secondary N) is 1. The average molecular weight is 423 g/mol. The minimum Gasteiger partial charge on any atom is -0.465 e. The zero-order valence-electron chi connectivity index (χ0n) is 12.1. The lowest BCUT2D eigenvalue weighted by molar-refractivity contribution is -0.384. The van der Waals surface area contributed by atoms with Crippen LogP contribution >= 0.6 is 27.5 Å². The van der Waals surface area contributed by atoms with Crippen molar-refractivity contribution in [3.05, 3.63) is 32.8 Å². The molecule has 0 aliphatic carbocycles. The van der Waals surface area contributed by atoms with Crippen LogP contribution in [0.25, 0.3) is 0 Å². The number of ether oxygens (including phenoxy) is 1. The first-order valence-electron chi connectivity index (χ1n) is 6.75. The number of nitrogens with zero attached hydrogens (tertiary/aromatic N) is 2. The summed E-state index contributed by atoms with van der Waals surface area (Å²) in [5.41, 5.74) is 0.0212. The predicted octanol–water partition coefficient (Wildman–Crippen LogP) is 2.28. The second-order valence-electron chi connectivity index (χ2n) is 5.02. The van der Waals surface area contributed by atoms with Gasteiger partial charge in [0.2, 0.25) is 0 Å². The van der Waals surface area contributed by atoms with Gasteiger partial charge in [-0.2, -0.15) is 0 Å². The molecule has 1 aliphatic heterocycles. The Labute approximate surface area is 149 Å². The van der Waals surface area contributed by atoms with Gasteiger partial charge in [-0.05, 0) is 12.1 Å². The van der Waals surface area contributed by atoms with Crippen LogP contribution in [-0.2, 0) is 9.53 Å². The molecule has 0 spiro atoms. The molecule has 1 aromatic carbocycles. The monoisotopic (exact) mass is 421 g/mol. The van der Waals surface area contributed by atoms with Gasteiger partial charge in [0.15, 0.2) is 0 Å². The number of amides is 1. The number of rotatable bonds is 5. The lowest BCUT2D eigenvalue weighted by atomic mass is 10.2. The van der Waals surface area contributed by atoms with Crippen LogP contribution in [-0.4, -0.2) is 58.1 Å². The van der Waals surface area contributed by atoms with Crippen molar-refractivity contribution in [2.45, 2.75) is 12.1 Å². The fraction of sp³-hybridized carbons (Fsp3) is 0.385. The van der Waals surface area contributed by atoms with Gasteiger partial charge in [0.25, 0.3) is 5.69 Å². The van der Waals surface area contributed by atoms with Crippen molar-refractivity contribution >= 4 is 51.0 Å². The van der Waals surface area contributed by atoms with Crippen molar-refractivity contribution in [2.24, 2.45) is 0 Å². The summed E-state index contributed by atoms with van der Waals surface area (Å²) >= 11 is 8.56. The molecule has 1 saturated heterocycles. The lowest BCUT2D eigenvalue weighted by Gasteiger charge is -2.20. The van der Waals surface area contributed by atoms with Crippen LogP contribution in [0.5, 0.6) is 0 Å². The van der Waals surface area contributed by atoms with Crippen LogP contribution in [0.3, 0.4) is 0 Å². The maximum Gasteiger partial charge on any atom is 0.407 e. The zero-order chi connectivity index (χ0) is 17.9. The number of likely N-dealkylation sites (tertiary alicyclic amines) is 1. The van der Waals surface area contributed by atoms with Gasteiger partial charge in [-0.3, -0.25) is 14.9 Å². The standard InChI is InChI=1S/C13H13BrClN3O6/c14-7-1-2-8(10(3-7)18(22)23)16-9-5-17(13(20)21)6-11(9)24-12(19)4-15/h1-3,9,11,16H,4-6H2,(H,20,21)/t9-,11+/m0/s1. The number of nitro groups is 1. The van der Waals surface area contributed by atoms with E-state index < -0.39 is 29.1 Å². The number of alkyl halides is 1. The van der Waals surface area contributed by atoms with E-state index in [0.29, 0.717) is 4.47 Å². The second-order valence-corrected chi connectivity index (χ2v) is 6.20. The van der Waals surface area contributed by atoms with Crippen LogP contribution in [0.15, 0.2) is 22.7 Å². The smallest absolute Gasteiger partial charge is 0.407 e. The van der Waals surface area contributed by atoms with Gasteiger partial charge < -0.3 is 20.1 Å². The SMILES string of the molecule is O=C(CCl)O[C@@H]1CN(C(=O)O)C[C@@H]1Nc1ccc(Br)cc1[N+](=O)[O-]. The molecule has 0 bridgehead atoms. The van der Waals surface area contributed by atoms with E-state index in [4.69, 9.17) is 21.4 Å². The van der Waals surface area contributed by atoms with Gasteiger partial charge in [0, 0.05) is 17.1 Å². The molecule has 1 amide bonds. The number of esters is 1. The summed E-state index contributed by atoms with van der Waals surface area (Å²) in [5.74, 6) is -1.06. The number of carbonyl (C=O) groups is 2. The number of hydrogen-bond acceptors (Lipinski definition) is 6. The molecule has 0 aromatic heterocycles. The lowest BCUT2D eigenvalue weighted by Crippen LogP contribution is -2.36. The molecule has 0 radical (unpaired) electrons. The minimum atomic E-state index is -1.17. The van der Waals surface area contributed by atoms with Gasteiger partial charge in [-0.15, -0.1) is 11.6 Å². The van der Waals surface area contributed by atoms with E-state index >= 15 is 0 Å². The Morgan fingerprint density at radius 2 is 2.21 bits per heavy atom. The van der Waals surface area contributed by atoms with Crippen molar-refractivity contribution in [1.29, 1.82) is 0 Å². The quantitative estimate of drug-likeness (QED) is 0.323. The topological polar surface area (TPSA) is 122 Å². The Hall–Kier alpha value is -2.07. The molecule has 0 unspecified atom stereocenters. The molecule has 2 atom stereocenters. The Morgan fingerprint density at radius 3 is 2.79 bits per heavy atom. The van der Waals surface area contributed by atoms with Crippen molar-refractivity contribution in [3.8, 4) is 0 Å². The Morgan fingerprint density at radius 1 is 1.50 bits per heavy atom. The van der Waals surface area contributed by atoms with Crippen LogP contribution in [0, 0.1) is 10.1 Å². The van der Waals surface area contributed by atoms with E-state index in [1.165, 1.54) is 12.1 Å². The number of benzene rings is 1. The number of anilines is 1. The van der Waals surface area contributed by atoms with Gasteiger partial charge >= 0.3 is 12.1 Å².